The molecule has 0 saturated carbocycles. The molecule has 0 saturated heterocycles. The van der Waals surface area contributed by atoms with Gasteiger partial charge in [-0.1, -0.05) is 30.0 Å². The number of rotatable bonds is 7. The Bertz CT molecular complexity index is 993. The Kier molecular flexibility index (Phi) is 6.38. The summed E-state index contributed by atoms with van der Waals surface area (Å²) < 4.78 is 7.10. The quantitative estimate of drug-likeness (QED) is 0.599. The SMILES string of the molecule is Cc1cccc(C)c1NC(=O)CN(C)C(=O)CSc1nnc(-c2ccco2)n1C. The zero-order chi connectivity index (χ0) is 21.0. The lowest BCUT2D eigenvalue weighted by atomic mass is 10.1. The highest BCUT2D eigenvalue weighted by molar-refractivity contribution is 7.99. The van der Waals surface area contributed by atoms with Gasteiger partial charge in [0.2, 0.25) is 11.8 Å². The molecule has 0 bridgehead atoms. The van der Waals surface area contributed by atoms with Gasteiger partial charge in [-0.15, -0.1) is 10.2 Å². The van der Waals surface area contributed by atoms with Crippen molar-refractivity contribution in [2.45, 2.75) is 19.0 Å². The van der Waals surface area contributed by atoms with Crippen LogP contribution in [-0.4, -0.2) is 50.8 Å². The fourth-order valence-electron chi connectivity index (χ4n) is 2.79. The van der Waals surface area contributed by atoms with E-state index in [2.05, 4.69) is 15.5 Å². The number of carbonyl (C=O) groups is 2. The molecule has 29 heavy (non-hydrogen) atoms. The topological polar surface area (TPSA) is 93.3 Å². The molecule has 0 atom stereocenters. The van der Waals surface area contributed by atoms with Crippen LogP contribution in [0.25, 0.3) is 11.6 Å². The zero-order valence-electron chi connectivity index (χ0n) is 16.8. The molecular weight excluding hydrogens is 390 g/mol. The second-order valence-corrected chi connectivity index (χ2v) is 7.64. The van der Waals surface area contributed by atoms with Gasteiger partial charge in [-0.2, -0.15) is 0 Å². The number of likely N-dealkylation sites (N-methyl/N-ethyl adjacent to an activating group) is 1. The smallest absolute Gasteiger partial charge is 0.243 e. The van der Waals surface area contributed by atoms with E-state index in [0.717, 1.165) is 16.8 Å². The molecule has 3 aromatic rings. The van der Waals surface area contributed by atoms with Crippen LogP contribution in [0.2, 0.25) is 0 Å². The monoisotopic (exact) mass is 413 g/mol. The molecule has 0 radical (unpaired) electrons. The van der Waals surface area contributed by atoms with Gasteiger partial charge in [0.15, 0.2) is 16.7 Å². The average Bonchev–Trinajstić information content (AvgIpc) is 3.32. The summed E-state index contributed by atoms with van der Waals surface area (Å²) in [4.78, 5) is 26.2. The number of furan rings is 1. The summed E-state index contributed by atoms with van der Waals surface area (Å²) in [5, 5.41) is 11.7. The summed E-state index contributed by atoms with van der Waals surface area (Å²) in [5.74, 6) is 0.943. The lowest BCUT2D eigenvalue weighted by Gasteiger charge is -2.18. The maximum absolute atomic E-state index is 12.4. The highest BCUT2D eigenvalue weighted by Gasteiger charge is 2.18. The third kappa shape index (κ3) is 4.86. The van der Waals surface area contributed by atoms with Crippen LogP contribution in [-0.2, 0) is 16.6 Å². The molecule has 0 aliphatic heterocycles. The van der Waals surface area contributed by atoms with Crippen LogP contribution in [0.1, 0.15) is 11.1 Å². The largest absolute Gasteiger partial charge is 0.461 e. The number of nitrogens with zero attached hydrogens (tertiary/aromatic N) is 4. The second-order valence-electron chi connectivity index (χ2n) is 6.70. The molecule has 8 nitrogen and oxygen atoms in total. The van der Waals surface area contributed by atoms with E-state index in [-0.39, 0.29) is 24.1 Å². The third-order valence-electron chi connectivity index (χ3n) is 4.45. The molecule has 0 aliphatic rings. The van der Waals surface area contributed by atoms with E-state index in [1.54, 1.807) is 30.0 Å². The standard InChI is InChI=1S/C20H23N5O3S/c1-13-7-5-8-14(2)18(13)21-16(26)11-24(3)17(27)12-29-20-23-22-19(25(20)4)15-9-6-10-28-15/h5-10H,11-12H2,1-4H3,(H,21,26). The van der Waals surface area contributed by atoms with Gasteiger partial charge < -0.3 is 19.2 Å². The summed E-state index contributed by atoms with van der Waals surface area (Å²) in [6, 6.07) is 9.39. The van der Waals surface area contributed by atoms with Gasteiger partial charge in [-0.05, 0) is 37.1 Å². The molecule has 2 aromatic heterocycles. The van der Waals surface area contributed by atoms with E-state index in [1.807, 2.05) is 39.1 Å². The van der Waals surface area contributed by atoms with Crippen LogP contribution in [0.3, 0.4) is 0 Å². The maximum Gasteiger partial charge on any atom is 0.243 e. The van der Waals surface area contributed by atoms with E-state index < -0.39 is 0 Å². The van der Waals surface area contributed by atoms with E-state index >= 15 is 0 Å². The minimum atomic E-state index is -0.234. The molecule has 9 heteroatoms. The first kappa shape index (κ1) is 20.7. The van der Waals surface area contributed by atoms with E-state index in [1.165, 1.54) is 16.7 Å². The molecule has 3 rings (SSSR count). The first-order chi connectivity index (χ1) is 13.9. The van der Waals surface area contributed by atoms with Crippen molar-refractivity contribution >= 4 is 29.3 Å². The minimum absolute atomic E-state index is 0.0242. The van der Waals surface area contributed by atoms with Gasteiger partial charge in [-0.3, -0.25) is 9.59 Å². The number of thioether (sulfide) groups is 1. The molecule has 0 unspecified atom stereocenters. The molecule has 152 valence electrons. The molecule has 0 aliphatic carbocycles. The van der Waals surface area contributed by atoms with Crippen molar-refractivity contribution in [2.75, 3.05) is 24.7 Å². The van der Waals surface area contributed by atoms with Gasteiger partial charge in [0.05, 0.1) is 18.6 Å². The lowest BCUT2D eigenvalue weighted by molar-refractivity contribution is -0.131. The second kappa shape index (κ2) is 8.95. The summed E-state index contributed by atoms with van der Waals surface area (Å²) in [5.41, 5.74) is 2.76. The Morgan fingerprint density at radius 2 is 1.90 bits per heavy atom. The number of amides is 2. The van der Waals surface area contributed by atoms with Crippen molar-refractivity contribution < 1.29 is 14.0 Å². The fraction of sp³-hybridized carbons (Fsp3) is 0.300. The highest BCUT2D eigenvalue weighted by Crippen LogP contribution is 2.23. The van der Waals surface area contributed by atoms with Gasteiger partial charge in [-0.25, -0.2) is 0 Å². The molecule has 0 fully saturated rings. The number of nitrogens with one attached hydrogen (secondary N) is 1. The van der Waals surface area contributed by atoms with Crippen molar-refractivity contribution in [2.24, 2.45) is 7.05 Å². The number of aryl methyl sites for hydroxylation is 2. The van der Waals surface area contributed by atoms with Crippen molar-refractivity contribution in [1.29, 1.82) is 0 Å². The summed E-state index contributed by atoms with van der Waals surface area (Å²) in [7, 11) is 3.42. The van der Waals surface area contributed by atoms with Gasteiger partial charge in [0.1, 0.15) is 0 Å². The Morgan fingerprint density at radius 3 is 2.55 bits per heavy atom. The van der Waals surface area contributed by atoms with E-state index in [4.69, 9.17) is 4.42 Å². The van der Waals surface area contributed by atoms with Gasteiger partial charge in [0.25, 0.3) is 0 Å². The predicted molar refractivity (Wildman–Crippen MR) is 112 cm³/mol. The fourth-order valence-corrected chi connectivity index (χ4v) is 3.64. The summed E-state index contributed by atoms with van der Waals surface area (Å²) in [6.07, 6.45) is 1.57. The maximum atomic E-state index is 12.4. The predicted octanol–water partition coefficient (Wildman–Crippen LogP) is 2.88. The molecule has 2 heterocycles. The zero-order valence-corrected chi connectivity index (χ0v) is 17.6. The number of benzene rings is 1. The van der Waals surface area contributed by atoms with E-state index in [9.17, 15) is 9.59 Å². The Hall–Kier alpha value is -3.07. The molecule has 1 aromatic carbocycles. The first-order valence-corrected chi connectivity index (χ1v) is 10.0. The number of para-hydroxylation sites is 1. The van der Waals surface area contributed by atoms with Crippen LogP contribution in [0, 0.1) is 13.8 Å². The number of carbonyl (C=O) groups excluding carboxylic acids is 2. The Balaban J connectivity index is 1.54. The average molecular weight is 414 g/mol. The number of hydrogen-bond donors (Lipinski definition) is 1. The Labute approximate surface area is 173 Å². The van der Waals surface area contributed by atoms with Crippen LogP contribution >= 0.6 is 11.8 Å². The summed E-state index contributed by atoms with van der Waals surface area (Å²) >= 11 is 1.26. The van der Waals surface area contributed by atoms with Crippen LogP contribution < -0.4 is 5.32 Å². The van der Waals surface area contributed by atoms with Crippen LogP contribution in [0.5, 0.6) is 0 Å². The van der Waals surface area contributed by atoms with Crippen molar-refractivity contribution in [1.82, 2.24) is 19.7 Å². The van der Waals surface area contributed by atoms with Crippen molar-refractivity contribution in [3.63, 3.8) is 0 Å². The van der Waals surface area contributed by atoms with Crippen molar-refractivity contribution in [3.8, 4) is 11.6 Å². The van der Waals surface area contributed by atoms with E-state index in [0.29, 0.717) is 16.7 Å². The molecule has 0 spiro atoms. The highest BCUT2D eigenvalue weighted by atomic mass is 32.2. The number of anilines is 1. The normalized spacial score (nSPS) is 10.8. The summed E-state index contributed by atoms with van der Waals surface area (Å²) in [6.45, 7) is 3.85. The van der Waals surface area contributed by atoms with Gasteiger partial charge >= 0.3 is 0 Å². The first-order valence-electron chi connectivity index (χ1n) is 9.03. The van der Waals surface area contributed by atoms with Gasteiger partial charge in [0, 0.05) is 19.8 Å². The Morgan fingerprint density at radius 1 is 1.17 bits per heavy atom. The number of aromatic nitrogens is 3. The molecule has 2 amide bonds. The lowest BCUT2D eigenvalue weighted by Crippen LogP contribution is -2.36. The van der Waals surface area contributed by atoms with Crippen LogP contribution in [0.15, 0.2) is 46.2 Å². The third-order valence-corrected chi connectivity index (χ3v) is 5.46. The van der Waals surface area contributed by atoms with Crippen molar-refractivity contribution in [3.05, 3.63) is 47.7 Å². The van der Waals surface area contributed by atoms with Crippen LogP contribution in [0.4, 0.5) is 5.69 Å². The molecule has 1 N–H and O–H groups in total. The minimum Gasteiger partial charge on any atom is -0.461 e. The number of hydrogen-bond acceptors (Lipinski definition) is 6. The molecular formula is C20H23N5O3S.